The second-order valence-electron chi connectivity index (χ2n) is 8.26. The summed E-state index contributed by atoms with van der Waals surface area (Å²) in [6.07, 6.45) is 2.98. The van der Waals surface area contributed by atoms with Crippen LogP contribution in [0.25, 0.3) is 0 Å². The highest BCUT2D eigenvalue weighted by molar-refractivity contribution is 7.48. The largest absolute Gasteiger partial charge is 0.496 e. The molecule has 0 spiro atoms. The van der Waals surface area contributed by atoms with Crippen molar-refractivity contribution in [2.24, 2.45) is 0 Å². The smallest absolute Gasteiger partial charge is 0.150 e. The Morgan fingerprint density at radius 2 is 1.63 bits per heavy atom. The third-order valence-corrected chi connectivity index (χ3v) is 7.61. The molecular formula is C24H33O2P. The maximum absolute atomic E-state index is 11.6. The zero-order valence-electron chi connectivity index (χ0n) is 17.8. The molecular weight excluding hydrogens is 351 g/mol. The van der Waals surface area contributed by atoms with Crippen molar-refractivity contribution in [3.8, 4) is 5.75 Å². The summed E-state index contributed by atoms with van der Waals surface area (Å²) in [4.78, 5) is 11.6. The third-order valence-electron chi connectivity index (χ3n) is 5.43. The summed E-state index contributed by atoms with van der Waals surface area (Å²) < 4.78 is 6.00. The lowest BCUT2D eigenvalue weighted by Crippen LogP contribution is -2.25. The Hall–Kier alpha value is -1.66. The first-order valence-corrected chi connectivity index (χ1v) is 10.7. The number of benzene rings is 2. The highest BCUT2D eigenvalue weighted by Gasteiger charge is 2.35. The molecule has 27 heavy (non-hydrogen) atoms. The van der Waals surface area contributed by atoms with Crippen LogP contribution in [0.2, 0.25) is 0 Å². The lowest BCUT2D eigenvalue weighted by atomic mass is 9.80. The Kier molecular flexibility index (Phi) is 6.87. The van der Waals surface area contributed by atoms with Crippen molar-refractivity contribution in [3.05, 3.63) is 58.7 Å². The van der Waals surface area contributed by atoms with Crippen molar-refractivity contribution in [1.29, 1.82) is 0 Å². The van der Waals surface area contributed by atoms with Gasteiger partial charge in [0, 0.05) is 21.8 Å². The molecule has 0 saturated heterocycles. The fraction of sp³-hybridized carbons (Fsp3) is 0.458. The molecule has 0 radical (unpaired) electrons. The van der Waals surface area contributed by atoms with Gasteiger partial charge in [0.2, 0.25) is 0 Å². The van der Waals surface area contributed by atoms with Gasteiger partial charge in [-0.3, -0.25) is 4.79 Å². The summed E-state index contributed by atoms with van der Waals surface area (Å²) in [5, 5.41) is 1.09. The Bertz CT molecular complexity index is 799. The number of hydrogen-bond acceptors (Lipinski definition) is 2. The van der Waals surface area contributed by atoms with Gasteiger partial charge >= 0.3 is 0 Å². The molecule has 0 fully saturated rings. The van der Waals surface area contributed by atoms with E-state index in [1.165, 1.54) is 16.7 Å². The molecule has 1 atom stereocenters. The summed E-state index contributed by atoms with van der Waals surface area (Å²) in [5.41, 5.74) is 4.59. The van der Waals surface area contributed by atoms with E-state index in [9.17, 15) is 4.79 Å². The van der Waals surface area contributed by atoms with E-state index < -0.39 is 0 Å². The summed E-state index contributed by atoms with van der Waals surface area (Å²) in [5.74, 6) is 1.01. The number of carbonyl (C=O) groups excluding carboxylic acids is 1. The van der Waals surface area contributed by atoms with E-state index in [2.05, 4.69) is 59.7 Å². The number of rotatable bonds is 7. The van der Waals surface area contributed by atoms with Crippen LogP contribution in [-0.4, -0.2) is 13.4 Å². The Balaban J connectivity index is 2.72. The Morgan fingerprint density at radius 1 is 1.04 bits per heavy atom. The van der Waals surface area contributed by atoms with Gasteiger partial charge in [-0.15, -0.1) is 0 Å². The summed E-state index contributed by atoms with van der Waals surface area (Å²) in [6, 6.07) is 12.5. The summed E-state index contributed by atoms with van der Waals surface area (Å²) in [6.45, 7) is 13.4. The number of ether oxygens (including phenoxy) is 1. The van der Waals surface area contributed by atoms with Crippen molar-refractivity contribution >= 4 is 20.2 Å². The van der Waals surface area contributed by atoms with Crippen LogP contribution in [0.15, 0.2) is 36.4 Å². The first-order chi connectivity index (χ1) is 12.7. The number of aryl methyl sites for hydroxylation is 1. The summed E-state index contributed by atoms with van der Waals surface area (Å²) in [7, 11) is 2.29. The third kappa shape index (κ3) is 4.43. The molecule has 2 rings (SSSR count). The lowest BCUT2D eigenvalue weighted by Gasteiger charge is -2.36. The second kappa shape index (κ2) is 8.57. The molecule has 2 aromatic carbocycles. The molecule has 0 aliphatic rings. The van der Waals surface area contributed by atoms with E-state index in [0.717, 1.165) is 35.7 Å². The minimum Gasteiger partial charge on any atom is -0.496 e. The zero-order valence-corrected chi connectivity index (χ0v) is 18.8. The van der Waals surface area contributed by atoms with E-state index >= 15 is 0 Å². The number of methoxy groups -OCH3 is 1. The van der Waals surface area contributed by atoms with E-state index in [-0.39, 0.29) is 10.6 Å². The van der Waals surface area contributed by atoms with Gasteiger partial charge in [-0.25, -0.2) is 0 Å². The van der Waals surface area contributed by atoms with Crippen LogP contribution < -0.4 is 10.0 Å². The van der Waals surface area contributed by atoms with E-state index in [1.54, 1.807) is 7.11 Å². The standard InChI is InChI=1S/C24H33O2P/c1-8-24(9-2,27-21-13-11-10-12-18(21)16-25)20-15-17(3)14-19(22(20)26-7)23(4,5)6/h10-16,27H,8-9H2,1-7H3. The maximum atomic E-state index is 11.6. The molecule has 2 nitrogen and oxygen atoms in total. The van der Waals surface area contributed by atoms with Crippen LogP contribution in [0.3, 0.4) is 0 Å². The average Bonchev–Trinajstić information content (AvgIpc) is 2.65. The van der Waals surface area contributed by atoms with Crippen LogP contribution in [0.5, 0.6) is 5.75 Å². The van der Waals surface area contributed by atoms with Crippen LogP contribution in [0.4, 0.5) is 0 Å². The van der Waals surface area contributed by atoms with Gasteiger partial charge in [0.05, 0.1) is 7.11 Å². The quantitative estimate of drug-likeness (QED) is 0.424. The van der Waals surface area contributed by atoms with E-state index in [4.69, 9.17) is 4.74 Å². The second-order valence-corrected chi connectivity index (χ2v) is 10.0. The Morgan fingerprint density at radius 3 is 2.15 bits per heavy atom. The minimum absolute atomic E-state index is 0.00313. The van der Waals surface area contributed by atoms with Crippen molar-refractivity contribution in [3.63, 3.8) is 0 Å². The maximum Gasteiger partial charge on any atom is 0.150 e. The zero-order chi connectivity index (χ0) is 20.2. The Labute approximate surface area is 166 Å². The van der Waals surface area contributed by atoms with Gasteiger partial charge in [0.15, 0.2) is 6.29 Å². The minimum atomic E-state index is -0.0452. The highest BCUT2D eigenvalue weighted by atomic mass is 31.1. The first kappa shape index (κ1) is 21.6. The van der Waals surface area contributed by atoms with Crippen molar-refractivity contribution in [2.45, 2.75) is 65.0 Å². The molecule has 3 heteroatoms. The predicted molar refractivity (Wildman–Crippen MR) is 118 cm³/mol. The van der Waals surface area contributed by atoms with Gasteiger partial charge < -0.3 is 4.74 Å². The van der Waals surface area contributed by atoms with Gasteiger partial charge in [-0.05, 0) is 30.5 Å². The van der Waals surface area contributed by atoms with Crippen LogP contribution in [-0.2, 0) is 10.6 Å². The van der Waals surface area contributed by atoms with E-state index in [1.807, 2.05) is 18.2 Å². The normalized spacial score (nSPS) is 12.6. The molecule has 0 amide bonds. The van der Waals surface area contributed by atoms with Crippen LogP contribution >= 0.6 is 8.58 Å². The molecule has 0 bridgehead atoms. The number of carbonyl (C=O) groups is 1. The molecule has 0 aromatic heterocycles. The molecule has 146 valence electrons. The van der Waals surface area contributed by atoms with Crippen LogP contribution in [0.1, 0.15) is 74.5 Å². The van der Waals surface area contributed by atoms with Gasteiger partial charge in [0.1, 0.15) is 5.75 Å². The fourth-order valence-corrected chi connectivity index (χ4v) is 5.41. The van der Waals surface area contributed by atoms with E-state index in [0.29, 0.717) is 8.58 Å². The SMILES string of the molecule is CCC(CC)(Pc1ccccc1C=O)c1cc(C)cc(C(C)(C)C)c1OC. The molecule has 0 saturated carbocycles. The monoisotopic (exact) mass is 384 g/mol. The van der Waals surface area contributed by atoms with Crippen molar-refractivity contribution in [2.75, 3.05) is 7.11 Å². The van der Waals surface area contributed by atoms with Gasteiger partial charge in [-0.1, -0.05) is 85.2 Å². The molecule has 1 unspecified atom stereocenters. The van der Waals surface area contributed by atoms with Gasteiger partial charge in [0.25, 0.3) is 0 Å². The predicted octanol–water partition coefficient (Wildman–Crippen LogP) is 6.13. The molecule has 2 aromatic rings. The molecule has 0 aliphatic heterocycles. The van der Waals surface area contributed by atoms with Crippen LogP contribution in [0, 0.1) is 6.92 Å². The first-order valence-electron chi connectivity index (χ1n) is 9.74. The summed E-state index contributed by atoms with van der Waals surface area (Å²) >= 11 is 0. The highest BCUT2D eigenvalue weighted by Crippen LogP contribution is 2.52. The fourth-order valence-electron chi connectivity index (χ4n) is 3.75. The lowest BCUT2D eigenvalue weighted by molar-refractivity contribution is 0.112. The number of hydrogen-bond donors (Lipinski definition) is 0. The average molecular weight is 385 g/mol. The topological polar surface area (TPSA) is 26.3 Å². The van der Waals surface area contributed by atoms with Crippen molar-refractivity contribution < 1.29 is 9.53 Å². The van der Waals surface area contributed by atoms with Gasteiger partial charge in [-0.2, -0.15) is 0 Å². The number of aldehydes is 1. The van der Waals surface area contributed by atoms with Crippen molar-refractivity contribution in [1.82, 2.24) is 0 Å². The molecule has 0 heterocycles. The molecule has 0 N–H and O–H groups in total. The molecule has 0 aliphatic carbocycles.